The summed E-state index contributed by atoms with van der Waals surface area (Å²) in [5.41, 5.74) is 3.00. The van der Waals surface area contributed by atoms with Gasteiger partial charge in [-0.15, -0.1) is 0 Å². The third-order valence-electron chi connectivity index (χ3n) is 5.80. The van der Waals surface area contributed by atoms with Crippen molar-refractivity contribution < 1.29 is 19.4 Å². The van der Waals surface area contributed by atoms with Gasteiger partial charge in [0.2, 0.25) is 11.6 Å². The molecule has 2 N–H and O–H groups in total. The highest BCUT2D eigenvalue weighted by molar-refractivity contribution is 6.52. The number of nitrogens with one attached hydrogen (secondary N) is 1. The number of aromatic nitrogens is 1. The van der Waals surface area contributed by atoms with Gasteiger partial charge in [0, 0.05) is 39.7 Å². The van der Waals surface area contributed by atoms with Crippen LogP contribution >= 0.6 is 0 Å². The Labute approximate surface area is 178 Å². The number of aliphatic hydroxyl groups is 1. The molecule has 5 nitrogen and oxygen atoms in total. The van der Waals surface area contributed by atoms with Crippen molar-refractivity contribution >= 4 is 28.2 Å². The van der Waals surface area contributed by atoms with E-state index in [1.54, 1.807) is 37.4 Å². The van der Waals surface area contributed by atoms with Crippen LogP contribution in [0.4, 0.5) is 0 Å². The van der Waals surface area contributed by atoms with Gasteiger partial charge in [0.15, 0.2) is 0 Å². The number of aliphatic hydroxyl groups excluding tert-OH is 1. The fraction of sp³-hybridized carbons (Fsp3) is 0.0769. The molecule has 31 heavy (non-hydrogen) atoms. The maximum atomic E-state index is 13.3. The SMILES string of the molecule is COc1ccccc1C(C1=C(O)c2ccccc2C(=O)C1=O)c1c[nH]c2ccccc12. The molecule has 1 atom stereocenters. The molecule has 1 unspecified atom stereocenters. The summed E-state index contributed by atoms with van der Waals surface area (Å²) in [5, 5.41) is 12.1. The highest BCUT2D eigenvalue weighted by Crippen LogP contribution is 2.44. The number of hydrogen-bond acceptors (Lipinski definition) is 4. The number of allylic oxidation sites excluding steroid dienone is 1. The number of ether oxygens (including phenoxy) is 1. The van der Waals surface area contributed by atoms with Crippen molar-refractivity contribution in [3.8, 4) is 5.75 Å². The zero-order valence-electron chi connectivity index (χ0n) is 16.8. The van der Waals surface area contributed by atoms with Gasteiger partial charge in [-0.3, -0.25) is 9.59 Å². The molecule has 0 amide bonds. The summed E-state index contributed by atoms with van der Waals surface area (Å²) in [5.74, 6) is -1.64. The zero-order valence-corrected chi connectivity index (χ0v) is 16.8. The standard InChI is InChI=1S/C26H19NO4/c1-31-21-13-7-5-11-18(21)22(19-14-27-20-12-6-4-8-15(19)20)23-24(28)16-9-2-3-10-17(16)25(29)26(23)30/h2-14,22,27-28H,1H3. The molecule has 0 saturated carbocycles. The van der Waals surface area contributed by atoms with Crippen molar-refractivity contribution in [1.29, 1.82) is 0 Å². The second-order valence-electron chi connectivity index (χ2n) is 7.43. The Morgan fingerprint density at radius 3 is 2.29 bits per heavy atom. The molecule has 1 aromatic heterocycles. The molecule has 0 spiro atoms. The molecule has 5 heteroatoms. The number of para-hydroxylation sites is 2. The molecule has 5 rings (SSSR count). The summed E-state index contributed by atoms with van der Waals surface area (Å²) >= 11 is 0. The zero-order chi connectivity index (χ0) is 21.5. The molecule has 152 valence electrons. The highest BCUT2D eigenvalue weighted by atomic mass is 16.5. The lowest BCUT2D eigenvalue weighted by Crippen LogP contribution is -2.28. The quantitative estimate of drug-likeness (QED) is 0.463. The summed E-state index contributed by atoms with van der Waals surface area (Å²) < 4.78 is 5.58. The molecule has 3 aromatic carbocycles. The smallest absolute Gasteiger partial charge is 0.234 e. The van der Waals surface area contributed by atoms with Crippen molar-refractivity contribution in [2.45, 2.75) is 5.92 Å². The lowest BCUT2D eigenvalue weighted by Gasteiger charge is -2.26. The molecule has 1 aliphatic rings. The lowest BCUT2D eigenvalue weighted by molar-refractivity contribution is -0.112. The van der Waals surface area contributed by atoms with Crippen LogP contribution in [0.3, 0.4) is 0 Å². The van der Waals surface area contributed by atoms with E-state index in [1.807, 2.05) is 48.7 Å². The first kappa shape index (κ1) is 18.9. The van der Waals surface area contributed by atoms with Gasteiger partial charge in [-0.1, -0.05) is 60.7 Å². The Kier molecular flexibility index (Phi) is 4.44. The second-order valence-corrected chi connectivity index (χ2v) is 7.43. The first-order valence-electron chi connectivity index (χ1n) is 9.92. The number of aromatic amines is 1. The van der Waals surface area contributed by atoms with Crippen LogP contribution in [-0.4, -0.2) is 28.8 Å². The van der Waals surface area contributed by atoms with Crippen LogP contribution in [0.25, 0.3) is 16.7 Å². The molecule has 4 aromatic rings. The third kappa shape index (κ3) is 2.86. The number of H-pyrrole nitrogens is 1. The molecular formula is C26H19NO4. The molecule has 0 radical (unpaired) electrons. The molecule has 0 saturated heterocycles. The Morgan fingerprint density at radius 1 is 0.806 bits per heavy atom. The number of carbonyl (C=O) groups excluding carboxylic acids is 2. The van der Waals surface area contributed by atoms with Gasteiger partial charge in [-0.25, -0.2) is 0 Å². The van der Waals surface area contributed by atoms with Gasteiger partial charge in [0.05, 0.1) is 12.7 Å². The van der Waals surface area contributed by atoms with Gasteiger partial charge in [0.1, 0.15) is 11.5 Å². The van der Waals surface area contributed by atoms with E-state index in [0.717, 1.165) is 16.5 Å². The monoisotopic (exact) mass is 409 g/mol. The highest BCUT2D eigenvalue weighted by Gasteiger charge is 2.39. The molecule has 0 bridgehead atoms. The van der Waals surface area contributed by atoms with Crippen LogP contribution < -0.4 is 4.74 Å². The third-order valence-corrected chi connectivity index (χ3v) is 5.80. The van der Waals surface area contributed by atoms with Crippen molar-refractivity contribution in [2.75, 3.05) is 7.11 Å². The minimum absolute atomic E-state index is 0.0537. The van der Waals surface area contributed by atoms with E-state index in [4.69, 9.17) is 4.74 Å². The Bertz CT molecular complexity index is 1380. The van der Waals surface area contributed by atoms with Crippen molar-refractivity contribution in [2.24, 2.45) is 0 Å². The number of Topliss-reactive ketones (excluding diaryl/α,β-unsaturated/α-hetero) is 2. The van der Waals surface area contributed by atoms with Gasteiger partial charge < -0.3 is 14.8 Å². The number of rotatable bonds is 4. The van der Waals surface area contributed by atoms with Crippen LogP contribution in [0.1, 0.15) is 33.0 Å². The van der Waals surface area contributed by atoms with E-state index >= 15 is 0 Å². The van der Waals surface area contributed by atoms with Gasteiger partial charge in [-0.05, 0) is 17.7 Å². The van der Waals surface area contributed by atoms with E-state index in [2.05, 4.69) is 4.98 Å². The number of benzene rings is 3. The van der Waals surface area contributed by atoms with Gasteiger partial charge in [-0.2, -0.15) is 0 Å². The van der Waals surface area contributed by atoms with Gasteiger partial charge >= 0.3 is 0 Å². The van der Waals surface area contributed by atoms with E-state index in [0.29, 0.717) is 16.9 Å². The average molecular weight is 409 g/mol. The minimum atomic E-state index is -0.711. The summed E-state index contributed by atoms with van der Waals surface area (Å²) in [7, 11) is 1.56. The van der Waals surface area contributed by atoms with E-state index < -0.39 is 17.5 Å². The number of methoxy groups -OCH3 is 1. The molecule has 0 aliphatic heterocycles. The van der Waals surface area contributed by atoms with E-state index in [-0.39, 0.29) is 16.9 Å². The van der Waals surface area contributed by atoms with Gasteiger partial charge in [0.25, 0.3) is 0 Å². The molecule has 0 fully saturated rings. The molecule has 1 heterocycles. The Balaban J connectivity index is 1.86. The summed E-state index contributed by atoms with van der Waals surface area (Å²) in [6, 6.07) is 21.7. The second kappa shape index (κ2) is 7.29. The van der Waals surface area contributed by atoms with Crippen LogP contribution in [0.5, 0.6) is 5.75 Å². The van der Waals surface area contributed by atoms with Crippen molar-refractivity contribution in [3.05, 3.63) is 107 Å². The Hall–Kier alpha value is -4.12. The summed E-state index contributed by atoms with van der Waals surface area (Å²) in [6.07, 6.45) is 1.82. The van der Waals surface area contributed by atoms with Crippen LogP contribution in [-0.2, 0) is 4.79 Å². The van der Waals surface area contributed by atoms with E-state index in [1.165, 1.54) is 0 Å². The van der Waals surface area contributed by atoms with E-state index in [9.17, 15) is 14.7 Å². The van der Waals surface area contributed by atoms with Crippen molar-refractivity contribution in [1.82, 2.24) is 4.98 Å². The molecule has 1 aliphatic carbocycles. The van der Waals surface area contributed by atoms with Crippen molar-refractivity contribution in [3.63, 3.8) is 0 Å². The maximum Gasteiger partial charge on any atom is 0.234 e. The van der Waals surface area contributed by atoms with Crippen LogP contribution in [0.2, 0.25) is 0 Å². The first-order chi connectivity index (χ1) is 15.1. The predicted molar refractivity (Wildman–Crippen MR) is 118 cm³/mol. The molecular weight excluding hydrogens is 390 g/mol. The van der Waals surface area contributed by atoms with Crippen LogP contribution in [0.15, 0.2) is 84.6 Å². The topological polar surface area (TPSA) is 79.4 Å². The first-order valence-corrected chi connectivity index (χ1v) is 9.92. The average Bonchev–Trinajstić information content (AvgIpc) is 3.24. The number of hydrogen-bond donors (Lipinski definition) is 2. The minimum Gasteiger partial charge on any atom is -0.507 e. The summed E-state index contributed by atoms with van der Waals surface area (Å²) in [6.45, 7) is 0. The Morgan fingerprint density at radius 2 is 1.48 bits per heavy atom. The largest absolute Gasteiger partial charge is 0.507 e. The number of ketones is 2. The fourth-order valence-corrected chi connectivity index (χ4v) is 4.37. The number of fused-ring (bicyclic) bond motifs is 2. The predicted octanol–water partition coefficient (Wildman–Crippen LogP) is 5.04. The lowest BCUT2D eigenvalue weighted by atomic mass is 9.76. The van der Waals surface area contributed by atoms with Crippen LogP contribution in [0, 0.1) is 0 Å². The maximum absolute atomic E-state index is 13.3. The summed E-state index contributed by atoms with van der Waals surface area (Å²) in [4.78, 5) is 29.5. The normalized spacial score (nSPS) is 14.6. The fourth-order valence-electron chi connectivity index (χ4n) is 4.37. The number of carbonyl (C=O) groups is 2.